The third kappa shape index (κ3) is 4.59. The van der Waals surface area contributed by atoms with Gasteiger partial charge in [0.15, 0.2) is 5.96 Å². The van der Waals surface area contributed by atoms with Crippen molar-refractivity contribution in [2.45, 2.75) is 26.7 Å². The van der Waals surface area contributed by atoms with Crippen LogP contribution in [0.15, 0.2) is 29.3 Å². The molecule has 1 aromatic heterocycles. The van der Waals surface area contributed by atoms with Gasteiger partial charge in [-0.05, 0) is 31.4 Å². The van der Waals surface area contributed by atoms with Crippen LogP contribution in [0.5, 0.6) is 0 Å². The van der Waals surface area contributed by atoms with E-state index in [0.29, 0.717) is 13.1 Å². The SMILES string of the molecule is CCNC(=NCCCc1nc2ccccc2[nH]1)N1CC(C)C(C(=O)OC)C1. The van der Waals surface area contributed by atoms with Gasteiger partial charge in [-0.15, -0.1) is 0 Å². The first kappa shape index (κ1) is 19.2. The Labute approximate surface area is 160 Å². The maximum absolute atomic E-state index is 11.9. The Kier molecular flexibility index (Phi) is 6.32. The number of rotatable bonds is 6. The molecule has 0 bridgehead atoms. The molecule has 1 aliphatic rings. The lowest BCUT2D eigenvalue weighted by Crippen LogP contribution is -2.40. The van der Waals surface area contributed by atoms with Gasteiger partial charge in [0.1, 0.15) is 5.82 Å². The fourth-order valence-corrected chi connectivity index (χ4v) is 3.58. The number of aryl methyl sites for hydroxylation is 1. The first-order valence-electron chi connectivity index (χ1n) is 9.67. The van der Waals surface area contributed by atoms with Crippen LogP contribution in [0.4, 0.5) is 0 Å². The van der Waals surface area contributed by atoms with Crippen LogP contribution in [0, 0.1) is 11.8 Å². The summed E-state index contributed by atoms with van der Waals surface area (Å²) in [4.78, 5) is 26.8. The number of esters is 1. The molecular formula is C20H29N5O2. The molecule has 0 spiro atoms. The third-order valence-corrected chi connectivity index (χ3v) is 5.02. The second-order valence-corrected chi connectivity index (χ2v) is 7.05. The molecule has 0 saturated carbocycles. The number of carbonyl (C=O) groups is 1. The minimum absolute atomic E-state index is 0.0885. The summed E-state index contributed by atoms with van der Waals surface area (Å²) < 4.78 is 4.93. The zero-order chi connectivity index (χ0) is 19.2. The molecule has 3 rings (SSSR count). The molecule has 0 amide bonds. The highest BCUT2D eigenvalue weighted by Gasteiger charge is 2.36. The average Bonchev–Trinajstić information content (AvgIpc) is 3.26. The minimum atomic E-state index is -0.134. The molecule has 2 heterocycles. The number of nitrogens with one attached hydrogen (secondary N) is 2. The van der Waals surface area contributed by atoms with E-state index in [-0.39, 0.29) is 17.8 Å². The summed E-state index contributed by atoms with van der Waals surface area (Å²) in [5.41, 5.74) is 2.08. The van der Waals surface area contributed by atoms with Gasteiger partial charge in [0.25, 0.3) is 0 Å². The maximum Gasteiger partial charge on any atom is 0.310 e. The fraction of sp³-hybridized carbons (Fsp3) is 0.550. The summed E-state index contributed by atoms with van der Waals surface area (Å²) in [7, 11) is 1.45. The molecule has 2 N–H and O–H groups in total. The number of aromatic nitrogens is 2. The largest absolute Gasteiger partial charge is 0.469 e. The van der Waals surface area contributed by atoms with Crippen LogP contribution in [0.3, 0.4) is 0 Å². The number of hydrogen-bond donors (Lipinski definition) is 2. The molecule has 0 radical (unpaired) electrons. The summed E-state index contributed by atoms with van der Waals surface area (Å²) in [6.45, 7) is 7.13. The molecule has 1 fully saturated rings. The smallest absolute Gasteiger partial charge is 0.310 e. The highest BCUT2D eigenvalue weighted by Crippen LogP contribution is 2.24. The van der Waals surface area contributed by atoms with Gasteiger partial charge in [-0.1, -0.05) is 19.1 Å². The van der Waals surface area contributed by atoms with E-state index in [0.717, 1.165) is 48.7 Å². The quantitative estimate of drug-likeness (QED) is 0.352. The molecule has 2 atom stereocenters. The van der Waals surface area contributed by atoms with E-state index >= 15 is 0 Å². The second-order valence-electron chi connectivity index (χ2n) is 7.05. The molecule has 1 aromatic carbocycles. The van der Waals surface area contributed by atoms with Gasteiger partial charge in [-0.2, -0.15) is 0 Å². The standard InChI is InChI=1S/C20H29N5O2/c1-4-21-20(25-12-14(2)15(13-25)19(26)27-3)22-11-7-10-18-23-16-8-5-6-9-17(16)24-18/h5-6,8-9,14-15H,4,7,10-13H2,1-3H3,(H,21,22)(H,23,24). The number of hydrogen-bond acceptors (Lipinski definition) is 4. The van der Waals surface area contributed by atoms with Crippen molar-refractivity contribution in [3.05, 3.63) is 30.1 Å². The molecular weight excluding hydrogens is 342 g/mol. The Bertz CT molecular complexity index is 768. The number of aromatic amines is 1. The second kappa shape index (κ2) is 8.88. The summed E-state index contributed by atoms with van der Waals surface area (Å²) in [5, 5.41) is 3.34. The number of aliphatic imine (C=N–C) groups is 1. The lowest BCUT2D eigenvalue weighted by molar-refractivity contribution is -0.145. The van der Waals surface area contributed by atoms with Gasteiger partial charge in [0, 0.05) is 32.6 Å². The van der Waals surface area contributed by atoms with Crippen LogP contribution >= 0.6 is 0 Å². The molecule has 7 nitrogen and oxygen atoms in total. The Balaban J connectivity index is 1.56. The fourth-order valence-electron chi connectivity index (χ4n) is 3.58. The monoisotopic (exact) mass is 371 g/mol. The van der Waals surface area contributed by atoms with Crippen molar-refractivity contribution in [2.75, 3.05) is 33.3 Å². The molecule has 1 saturated heterocycles. The van der Waals surface area contributed by atoms with E-state index in [9.17, 15) is 4.79 Å². The van der Waals surface area contributed by atoms with Gasteiger partial charge >= 0.3 is 5.97 Å². The Morgan fingerprint density at radius 1 is 1.41 bits per heavy atom. The van der Waals surface area contributed by atoms with Crippen LogP contribution in [0.2, 0.25) is 0 Å². The lowest BCUT2D eigenvalue weighted by atomic mass is 9.99. The zero-order valence-corrected chi connectivity index (χ0v) is 16.4. The number of nitrogens with zero attached hydrogens (tertiary/aromatic N) is 3. The van der Waals surface area contributed by atoms with Crippen molar-refractivity contribution in [3.63, 3.8) is 0 Å². The number of carbonyl (C=O) groups excluding carboxylic acids is 1. The summed E-state index contributed by atoms with van der Waals surface area (Å²) in [5.74, 6) is 1.91. The molecule has 146 valence electrons. The molecule has 2 unspecified atom stereocenters. The van der Waals surface area contributed by atoms with E-state index < -0.39 is 0 Å². The van der Waals surface area contributed by atoms with Crippen molar-refractivity contribution in [1.29, 1.82) is 0 Å². The number of methoxy groups -OCH3 is 1. The van der Waals surface area contributed by atoms with Crippen LogP contribution < -0.4 is 5.32 Å². The number of H-pyrrole nitrogens is 1. The number of imidazole rings is 1. The highest BCUT2D eigenvalue weighted by molar-refractivity contribution is 5.82. The predicted molar refractivity (Wildman–Crippen MR) is 107 cm³/mol. The first-order chi connectivity index (χ1) is 13.1. The topological polar surface area (TPSA) is 82.6 Å². The molecule has 1 aliphatic heterocycles. The Morgan fingerprint density at radius 3 is 2.96 bits per heavy atom. The van der Waals surface area contributed by atoms with Crippen molar-refractivity contribution in [2.24, 2.45) is 16.8 Å². The van der Waals surface area contributed by atoms with Gasteiger partial charge < -0.3 is 19.9 Å². The summed E-state index contributed by atoms with van der Waals surface area (Å²) in [6.07, 6.45) is 1.78. The first-order valence-corrected chi connectivity index (χ1v) is 9.67. The summed E-state index contributed by atoms with van der Waals surface area (Å²) in [6, 6.07) is 8.07. The van der Waals surface area contributed by atoms with Crippen LogP contribution in [-0.4, -0.2) is 60.1 Å². The van der Waals surface area contributed by atoms with E-state index in [1.54, 1.807) is 0 Å². The van der Waals surface area contributed by atoms with Crippen molar-refractivity contribution in [3.8, 4) is 0 Å². The van der Waals surface area contributed by atoms with Crippen LogP contribution in [0.25, 0.3) is 11.0 Å². The van der Waals surface area contributed by atoms with Gasteiger partial charge in [0.05, 0.1) is 24.1 Å². The van der Waals surface area contributed by atoms with E-state index in [1.807, 2.05) is 24.3 Å². The van der Waals surface area contributed by atoms with E-state index in [2.05, 4.69) is 34.0 Å². The van der Waals surface area contributed by atoms with Crippen molar-refractivity contribution >= 4 is 23.0 Å². The number of fused-ring (bicyclic) bond motifs is 1. The van der Waals surface area contributed by atoms with Gasteiger partial charge in [-0.3, -0.25) is 9.79 Å². The minimum Gasteiger partial charge on any atom is -0.469 e. The molecule has 2 aromatic rings. The highest BCUT2D eigenvalue weighted by atomic mass is 16.5. The van der Waals surface area contributed by atoms with E-state index in [4.69, 9.17) is 9.73 Å². The zero-order valence-electron chi connectivity index (χ0n) is 16.4. The third-order valence-electron chi connectivity index (χ3n) is 5.02. The molecule has 0 aliphatic carbocycles. The Hall–Kier alpha value is -2.57. The van der Waals surface area contributed by atoms with Gasteiger partial charge in [0.2, 0.25) is 0 Å². The predicted octanol–water partition coefficient (Wildman–Crippen LogP) is 2.20. The maximum atomic E-state index is 11.9. The van der Waals surface area contributed by atoms with Gasteiger partial charge in [-0.25, -0.2) is 4.98 Å². The molecule has 27 heavy (non-hydrogen) atoms. The van der Waals surface area contributed by atoms with Crippen LogP contribution in [0.1, 0.15) is 26.1 Å². The van der Waals surface area contributed by atoms with Crippen molar-refractivity contribution in [1.82, 2.24) is 20.2 Å². The van der Waals surface area contributed by atoms with Crippen molar-refractivity contribution < 1.29 is 9.53 Å². The average molecular weight is 371 g/mol. The number of ether oxygens (including phenoxy) is 1. The lowest BCUT2D eigenvalue weighted by Gasteiger charge is -2.21. The number of guanidine groups is 1. The van der Waals surface area contributed by atoms with E-state index in [1.165, 1.54) is 7.11 Å². The summed E-state index contributed by atoms with van der Waals surface area (Å²) >= 11 is 0. The Morgan fingerprint density at radius 2 is 2.22 bits per heavy atom. The molecule has 7 heteroatoms. The normalized spacial score (nSPS) is 20.3. The van der Waals surface area contributed by atoms with Crippen LogP contribution in [-0.2, 0) is 16.0 Å². The number of benzene rings is 1. The number of likely N-dealkylation sites (tertiary alicyclic amines) is 1. The number of para-hydroxylation sites is 2.